The van der Waals surface area contributed by atoms with Crippen LogP contribution < -0.4 is 9.80 Å². The third kappa shape index (κ3) is 5.99. The summed E-state index contributed by atoms with van der Waals surface area (Å²) in [5.41, 5.74) is 16.1. The van der Waals surface area contributed by atoms with E-state index in [1.807, 2.05) is 12.1 Å². The first kappa shape index (κ1) is 38.6. The van der Waals surface area contributed by atoms with Crippen molar-refractivity contribution in [3.05, 3.63) is 190 Å². The first-order valence-electron chi connectivity index (χ1n) is 21.5. The van der Waals surface area contributed by atoms with E-state index in [0.717, 1.165) is 77.6 Å². The maximum atomic E-state index is 11.0. The highest BCUT2D eigenvalue weighted by atomic mass is 16.3. The monoisotopic (exact) mass is 826 g/mol. The van der Waals surface area contributed by atoms with Gasteiger partial charge in [-0.25, -0.2) is 0 Å². The molecule has 0 unspecified atom stereocenters. The number of benzene rings is 9. The summed E-state index contributed by atoms with van der Waals surface area (Å²) in [6.45, 7) is 12.8. The van der Waals surface area contributed by atoms with Gasteiger partial charge in [-0.2, -0.15) is 10.5 Å². The lowest BCUT2D eigenvalue weighted by Crippen LogP contribution is -2.12. The Balaban J connectivity index is 1.09. The summed E-state index contributed by atoms with van der Waals surface area (Å²) in [5, 5.41) is 28.5. The van der Waals surface area contributed by atoms with Crippen LogP contribution in [-0.4, -0.2) is 0 Å². The Morgan fingerprint density at radius 2 is 0.812 bits per heavy atom. The molecule has 2 aromatic heterocycles. The van der Waals surface area contributed by atoms with Gasteiger partial charge in [0.15, 0.2) is 11.2 Å². The summed E-state index contributed by atoms with van der Waals surface area (Å²) in [6.07, 6.45) is 0. The van der Waals surface area contributed by atoms with E-state index in [0.29, 0.717) is 38.7 Å². The molecule has 0 radical (unpaired) electrons. The molecule has 306 valence electrons. The molecule has 11 aromatic rings. The summed E-state index contributed by atoms with van der Waals surface area (Å²) in [7, 11) is 0. The van der Waals surface area contributed by atoms with Crippen molar-refractivity contribution in [1.82, 2.24) is 0 Å². The van der Waals surface area contributed by atoms with Crippen LogP contribution in [0.5, 0.6) is 0 Å². The molecule has 0 saturated heterocycles. The van der Waals surface area contributed by atoms with Crippen molar-refractivity contribution >= 4 is 99.5 Å². The molecule has 6 nitrogen and oxygen atoms in total. The van der Waals surface area contributed by atoms with Crippen LogP contribution >= 0.6 is 0 Å². The van der Waals surface area contributed by atoms with Gasteiger partial charge in [0.1, 0.15) is 28.9 Å². The highest BCUT2D eigenvalue weighted by molar-refractivity contribution is 6.24. The fraction of sp³-hybridized carbons (Fsp3) is 0.103. The number of anilines is 6. The van der Waals surface area contributed by atoms with E-state index in [2.05, 4.69) is 197 Å². The zero-order valence-corrected chi connectivity index (χ0v) is 36.5. The average Bonchev–Trinajstić information content (AvgIpc) is 3.85. The molecule has 0 bridgehead atoms. The van der Waals surface area contributed by atoms with Gasteiger partial charge in [-0.1, -0.05) is 72.8 Å². The van der Waals surface area contributed by atoms with Crippen LogP contribution in [-0.2, 0) is 0 Å². The molecule has 9 aromatic carbocycles. The third-order valence-corrected chi connectivity index (χ3v) is 12.9. The Morgan fingerprint density at radius 3 is 1.23 bits per heavy atom. The van der Waals surface area contributed by atoms with E-state index >= 15 is 0 Å². The average molecular weight is 827 g/mol. The van der Waals surface area contributed by atoms with Crippen molar-refractivity contribution in [3.8, 4) is 12.1 Å². The fourth-order valence-electron chi connectivity index (χ4n) is 9.59. The maximum absolute atomic E-state index is 11.0. The summed E-state index contributed by atoms with van der Waals surface area (Å²) >= 11 is 0. The van der Waals surface area contributed by atoms with Crippen molar-refractivity contribution < 1.29 is 8.83 Å². The van der Waals surface area contributed by atoms with Gasteiger partial charge in [0, 0.05) is 55.7 Å². The molecule has 0 aliphatic heterocycles. The van der Waals surface area contributed by atoms with Crippen molar-refractivity contribution in [2.75, 3.05) is 9.80 Å². The topological polar surface area (TPSA) is 80.3 Å². The minimum atomic E-state index is 0.271. The number of furan rings is 2. The van der Waals surface area contributed by atoms with Crippen molar-refractivity contribution in [1.29, 1.82) is 10.5 Å². The van der Waals surface area contributed by atoms with Crippen LogP contribution in [0.4, 0.5) is 34.1 Å². The second-order valence-corrected chi connectivity index (χ2v) is 17.2. The van der Waals surface area contributed by atoms with Gasteiger partial charge in [-0.15, -0.1) is 0 Å². The highest BCUT2D eigenvalue weighted by Crippen LogP contribution is 2.47. The van der Waals surface area contributed by atoms with E-state index in [1.54, 1.807) is 0 Å². The number of fused-ring (bicyclic) bond motifs is 8. The van der Waals surface area contributed by atoms with Gasteiger partial charge in [-0.05, 0) is 169 Å². The minimum absolute atomic E-state index is 0.271. The van der Waals surface area contributed by atoms with Gasteiger partial charge in [0.2, 0.25) is 0 Å². The Hall–Kier alpha value is -8.32. The molecule has 6 heteroatoms. The van der Waals surface area contributed by atoms with Crippen molar-refractivity contribution in [2.45, 2.75) is 41.5 Å². The molecule has 0 N–H and O–H groups in total. The molecule has 11 rings (SSSR count). The van der Waals surface area contributed by atoms with Gasteiger partial charge in [0.25, 0.3) is 0 Å². The first-order chi connectivity index (χ1) is 31.1. The second-order valence-electron chi connectivity index (χ2n) is 17.2. The van der Waals surface area contributed by atoms with Crippen LogP contribution in [0.1, 0.15) is 44.5 Å². The number of hydrogen-bond donors (Lipinski definition) is 0. The molecule has 0 aliphatic carbocycles. The van der Waals surface area contributed by atoms with Crippen LogP contribution in [0.3, 0.4) is 0 Å². The normalized spacial score (nSPS) is 11.6. The molecule has 64 heavy (non-hydrogen) atoms. The summed E-state index contributed by atoms with van der Waals surface area (Å²) in [5.74, 6) is 0. The third-order valence-electron chi connectivity index (χ3n) is 12.9. The maximum Gasteiger partial charge on any atom is 0.158 e. The largest absolute Gasteiger partial charge is 0.454 e. The zero-order valence-electron chi connectivity index (χ0n) is 36.5. The number of hydrogen-bond acceptors (Lipinski definition) is 6. The van der Waals surface area contributed by atoms with Gasteiger partial charge in [-0.3, -0.25) is 0 Å². The predicted octanol–water partition coefficient (Wildman–Crippen LogP) is 16.3. The van der Waals surface area contributed by atoms with Crippen LogP contribution in [0.25, 0.3) is 65.4 Å². The number of aryl methyl sites for hydroxylation is 6. The molecule has 0 amide bonds. The SMILES string of the molecule is Cc1ccc(C)c(N(c2ccc3cc4c(cc3c2)oc2c(C#N)c3oc5cc6cc(N(c7ccccc7C)c7cc(C)ccc7C)ccc6cc5c3c(C#N)c24)c2ccccc2C)c1. The van der Waals surface area contributed by atoms with Crippen molar-refractivity contribution in [3.63, 3.8) is 0 Å². The summed E-state index contributed by atoms with van der Waals surface area (Å²) in [6, 6.07) is 56.0. The quantitative estimate of drug-likeness (QED) is 0.166. The summed E-state index contributed by atoms with van der Waals surface area (Å²) in [4.78, 5) is 4.63. The Bertz CT molecular complexity index is 3620. The summed E-state index contributed by atoms with van der Waals surface area (Å²) < 4.78 is 13.3. The smallest absolute Gasteiger partial charge is 0.158 e. The Morgan fingerprint density at radius 1 is 0.391 bits per heavy atom. The van der Waals surface area contributed by atoms with E-state index in [-0.39, 0.29) is 5.56 Å². The molecule has 0 saturated carbocycles. The van der Waals surface area contributed by atoms with E-state index in [9.17, 15) is 10.5 Å². The minimum Gasteiger partial charge on any atom is -0.454 e. The molecular weight excluding hydrogens is 785 g/mol. The molecule has 0 fully saturated rings. The number of para-hydroxylation sites is 2. The van der Waals surface area contributed by atoms with E-state index < -0.39 is 0 Å². The second kappa shape index (κ2) is 14.7. The standard InChI is InChI=1S/C58H42N4O2/c1-33-15-17-37(5)51(23-33)61(49-13-9-7-11-35(49)3)43-21-19-39-27-45-53(29-41(39)25-43)63-57-48(32-60)58-56(47(31-59)55(45)57)46-28-40-20-22-44(26-42(40)30-54(46)64-58)62(50-14-10-8-12-36(50)4)52-24-34(2)16-18-38(52)6/h7-30H,1-6H3. The van der Waals surface area contributed by atoms with Gasteiger partial charge < -0.3 is 18.6 Å². The molecule has 0 spiro atoms. The molecule has 0 aliphatic rings. The van der Waals surface area contributed by atoms with Crippen molar-refractivity contribution in [2.24, 2.45) is 0 Å². The lowest BCUT2D eigenvalue weighted by atomic mass is 9.96. The zero-order chi connectivity index (χ0) is 44.0. The number of rotatable bonds is 6. The highest BCUT2D eigenvalue weighted by Gasteiger charge is 2.27. The molecule has 0 atom stereocenters. The fourth-order valence-corrected chi connectivity index (χ4v) is 9.59. The van der Waals surface area contributed by atoms with E-state index in [1.165, 1.54) is 22.3 Å². The Kier molecular flexibility index (Phi) is 8.84. The molecular formula is C58H42N4O2. The van der Waals surface area contributed by atoms with Gasteiger partial charge >= 0.3 is 0 Å². The van der Waals surface area contributed by atoms with Crippen LogP contribution in [0.2, 0.25) is 0 Å². The number of nitriles is 2. The van der Waals surface area contributed by atoms with Crippen LogP contribution in [0, 0.1) is 64.2 Å². The van der Waals surface area contributed by atoms with E-state index in [4.69, 9.17) is 8.83 Å². The lowest BCUT2D eigenvalue weighted by Gasteiger charge is -2.29. The van der Waals surface area contributed by atoms with Gasteiger partial charge in [0.05, 0.1) is 5.56 Å². The Labute approximate surface area is 371 Å². The number of nitrogens with zero attached hydrogens (tertiary/aromatic N) is 4. The molecule has 2 heterocycles. The lowest BCUT2D eigenvalue weighted by molar-refractivity contribution is 0.654. The first-order valence-corrected chi connectivity index (χ1v) is 21.5. The van der Waals surface area contributed by atoms with Crippen LogP contribution in [0.15, 0.2) is 154 Å². The predicted molar refractivity (Wildman–Crippen MR) is 263 cm³/mol.